The van der Waals surface area contributed by atoms with Crippen LogP contribution >= 0.6 is 0 Å². The Labute approximate surface area is 127 Å². The Morgan fingerprint density at radius 1 is 0.909 bits per heavy atom. The van der Waals surface area contributed by atoms with E-state index in [-0.39, 0.29) is 17.9 Å². The van der Waals surface area contributed by atoms with Crippen molar-refractivity contribution in [2.24, 2.45) is 0 Å². The van der Waals surface area contributed by atoms with Gasteiger partial charge in [0.1, 0.15) is 18.0 Å². The summed E-state index contributed by atoms with van der Waals surface area (Å²) < 4.78 is 12.8. The minimum absolute atomic E-state index is 0.307. The lowest BCUT2D eigenvalue weighted by molar-refractivity contribution is -0.121. The second-order valence-corrected chi connectivity index (χ2v) is 5.74. The summed E-state index contributed by atoms with van der Waals surface area (Å²) >= 11 is 0. The molecule has 5 nitrogen and oxygen atoms in total. The van der Waals surface area contributed by atoms with Crippen molar-refractivity contribution in [3.05, 3.63) is 35.6 Å². The van der Waals surface area contributed by atoms with E-state index < -0.39 is 24.4 Å². The van der Waals surface area contributed by atoms with E-state index in [0.29, 0.717) is 13.0 Å². The molecule has 0 spiro atoms. The number of fused-ring (bicyclic) bond motifs is 1. The molecule has 3 rings (SSSR count). The number of hydrogen-bond donors (Lipinski definition) is 4. The Hall–Kier alpha value is -1.49. The minimum Gasteiger partial charge on any atom is -0.389 e. The molecule has 7 atom stereocenters. The number of halogens is 1. The van der Waals surface area contributed by atoms with Crippen molar-refractivity contribution in [1.29, 1.82) is 0 Å². The number of hydrogen-bond acceptors (Lipinski definition) is 5. The van der Waals surface area contributed by atoms with E-state index in [4.69, 9.17) is 0 Å². The summed E-state index contributed by atoms with van der Waals surface area (Å²) in [6.45, 7) is 0.525. The number of rotatable bonds is 2. The SMILES string of the molecule is OC1C(O)C(O)[C@H]2[C@@H](C1O)N2CCC#Cc1ccc(F)cc1. The minimum atomic E-state index is -1.33. The molecule has 5 unspecified atom stereocenters. The predicted octanol–water partition coefficient (Wildman–Crippen LogP) is -0.923. The number of aliphatic hydroxyl groups excluding tert-OH is 4. The lowest BCUT2D eigenvalue weighted by Crippen LogP contribution is -2.53. The molecule has 0 radical (unpaired) electrons. The molecule has 1 aromatic carbocycles. The smallest absolute Gasteiger partial charge is 0.123 e. The highest BCUT2D eigenvalue weighted by Gasteiger charge is 2.63. The van der Waals surface area contributed by atoms with Crippen LogP contribution in [0.25, 0.3) is 0 Å². The second kappa shape index (κ2) is 5.95. The van der Waals surface area contributed by atoms with E-state index in [1.807, 2.05) is 4.90 Å². The molecule has 1 aromatic rings. The van der Waals surface area contributed by atoms with Crippen LogP contribution in [0.1, 0.15) is 12.0 Å². The molecule has 0 bridgehead atoms. The largest absolute Gasteiger partial charge is 0.389 e. The molecule has 1 aliphatic heterocycles. The van der Waals surface area contributed by atoms with Gasteiger partial charge in [0.2, 0.25) is 0 Å². The normalized spacial score (nSPS) is 39.6. The Balaban J connectivity index is 1.55. The van der Waals surface area contributed by atoms with Gasteiger partial charge in [0.15, 0.2) is 0 Å². The van der Waals surface area contributed by atoms with Crippen LogP contribution in [0, 0.1) is 17.7 Å². The fraction of sp³-hybridized carbons (Fsp3) is 0.500. The third-order valence-electron chi connectivity index (χ3n) is 4.35. The van der Waals surface area contributed by atoms with E-state index in [2.05, 4.69) is 11.8 Å². The highest BCUT2D eigenvalue weighted by molar-refractivity contribution is 5.34. The number of likely N-dealkylation sites (tertiary alicyclic amines) is 1. The molecule has 1 heterocycles. The summed E-state index contributed by atoms with van der Waals surface area (Å²) in [5.74, 6) is 5.55. The molecule has 2 aliphatic rings. The molecule has 6 heteroatoms. The molecular formula is C16H18FNO4. The first-order chi connectivity index (χ1) is 10.5. The van der Waals surface area contributed by atoms with Gasteiger partial charge < -0.3 is 20.4 Å². The summed E-state index contributed by atoms with van der Waals surface area (Å²) in [5.41, 5.74) is 0.718. The van der Waals surface area contributed by atoms with Gasteiger partial charge in [-0.15, -0.1) is 0 Å². The average molecular weight is 307 g/mol. The summed E-state index contributed by atoms with van der Waals surface area (Å²) in [6.07, 6.45) is -4.27. The average Bonchev–Trinajstić information content (AvgIpc) is 3.23. The van der Waals surface area contributed by atoms with Crippen molar-refractivity contribution in [2.75, 3.05) is 6.54 Å². The van der Waals surface area contributed by atoms with Gasteiger partial charge in [-0.25, -0.2) is 4.39 Å². The molecule has 1 aliphatic carbocycles. The third kappa shape index (κ3) is 2.74. The van der Waals surface area contributed by atoms with Crippen LogP contribution in [-0.4, -0.2) is 68.4 Å². The van der Waals surface area contributed by atoms with E-state index in [1.165, 1.54) is 12.1 Å². The number of benzene rings is 1. The number of aliphatic hydroxyl groups is 4. The molecule has 0 amide bonds. The second-order valence-electron chi connectivity index (χ2n) is 5.74. The van der Waals surface area contributed by atoms with Crippen LogP contribution in [0.3, 0.4) is 0 Å². The Bertz CT molecular complexity index is 576. The highest BCUT2D eigenvalue weighted by Crippen LogP contribution is 2.41. The fourth-order valence-corrected chi connectivity index (χ4v) is 3.10. The van der Waals surface area contributed by atoms with E-state index in [0.717, 1.165) is 5.56 Å². The maximum absolute atomic E-state index is 12.8. The summed E-state index contributed by atoms with van der Waals surface area (Å²) in [5, 5.41) is 39.0. The summed E-state index contributed by atoms with van der Waals surface area (Å²) in [7, 11) is 0. The Kier molecular flexibility index (Phi) is 4.17. The Morgan fingerprint density at radius 2 is 1.45 bits per heavy atom. The van der Waals surface area contributed by atoms with E-state index in [9.17, 15) is 24.8 Å². The maximum Gasteiger partial charge on any atom is 0.123 e. The van der Waals surface area contributed by atoms with Gasteiger partial charge in [-0.05, 0) is 24.3 Å². The quantitative estimate of drug-likeness (QED) is 0.419. The summed E-state index contributed by atoms with van der Waals surface area (Å²) in [6, 6.07) is 5.22. The molecule has 1 saturated heterocycles. The van der Waals surface area contributed by atoms with Gasteiger partial charge >= 0.3 is 0 Å². The van der Waals surface area contributed by atoms with Gasteiger partial charge in [-0.2, -0.15) is 0 Å². The van der Waals surface area contributed by atoms with Gasteiger partial charge in [-0.1, -0.05) is 11.8 Å². The molecule has 2 fully saturated rings. The zero-order valence-corrected chi connectivity index (χ0v) is 11.8. The molecule has 118 valence electrons. The predicted molar refractivity (Wildman–Crippen MR) is 76.2 cm³/mol. The molecule has 22 heavy (non-hydrogen) atoms. The van der Waals surface area contributed by atoms with Crippen LogP contribution in [0.4, 0.5) is 4.39 Å². The highest BCUT2D eigenvalue weighted by atomic mass is 19.1. The fourth-order valence-electron chi connectivity index (χ4n) is 3.10. The van der Waals surface area contributed by atoms with Crippen LogP contribution in [0.5, 0.6) is 0 Å². The monoisotopic (exact) mass is 307 g/mol. The third-order valence-corrected chi connectivity index (χ3v) is 4.35. The maximum atomic E-state index is 12.8. The van der Waals surface area contributed by atoms with Crippen molar-refractivity contribution < 1.29 is 24.8 Å². The van der Waals surface area contributed by atoms with Gasteiger partial charge in [-0.3, -0.25) is 4.90 Å². The van der Waals surface area contributed by atoms with Crippen LogP contribution < -0.4 is 0 Å². The number of nitrogens with zero attached hydrogens (tertiary/aromatic N) is 1. The first-order valence-electron chi connectivity index (χ1n) is 7.23. The van der Waals surface area contributed by atoms with Crippen molar-refractivity contribution >= 4 is 0 Å². The van der Waals surface area contributed by atoms with E-state index in [1.54, 1.807) is 12.1 Å². The van der Waals surface area contributed by atoms with Crippen molar-refractivity contribution in [3.63, 3.8) is 0 Å². The zero-order valence-electron chi connectivity index (χ0n) is 11.8. The lowest BCUT2D eigenvalue weighted by atomic mass is 9.90. The first kappa shape index (κ1) is 15.4. The van der Waals surface area contributed by atoms with Crippen molar-refractivity contribution in [3.8, 4) is 11.8 Å². The molecule has 1 saturated carbocycles. The Morgan fingerprint density at radius 3 is 2.00 bits per heavy atom. The summed E-state index contributed by atoms with van der Waals surface area (Å²) in [4.78, 5) is 1.83. The van der Waals surface area contributed by atoms with Gasteiger partial charge in [0.25, 0.3) is 0 Å². The van der Waals surface area contributed by atoms with Gasteiger partial charge in [0.05, 0.1) is 24.3 Å². The van der Waals surface area contributed by atoms with Crippen LogP contribution in [-0.2, 0) is 0 Å². The molecular weight excluding hydrogens is 289 g/mol. The first-order valence-corrected chi connectivity index (χ1v) is 7.23. The zero-order chi connectivity index (χ0) is 15.9. The topological polar surface area (TPSA) is 83.9 Å². The lowest BCUT2D eigenvalue weighted by Gasteiger charge is -2.30. The van der Waals surface area contributed by atoms with Crippen molar-refractivity contribution in [1.82, 2.24) is 4.90 Å². The van der Waals surface area contributed by atoms with Crippen molar-refractivity contribution in [2.45, 2.75) is 42.9 Å². The van der Waals surface area contributed by atoms with E-state index >= 15 is 0 Å². The molecule has 0 aromatic heterocycles. The van der Waals surface area contributed by atoms with Crippen LogP contribution in [0.15, 0.2) is 24.3 Å². The van der Waals surface area contributed by atoms with Gasteiger partial charge in [0, 0.05) is 18.5 Å². The van der Waals surface area contributed by atoms with Crippen LogP contribution in [0.2, 0.25) is 0 Å². The molecule has 4 N–H and O–H groups in total. The standard InChI is InChI=1S/C16H18FNO4/c17-10-6-4-9(5-7-10)3-1-2-8-18-11-12(18)14(20)16(22)15(21)13(11)19/h4-7,11-16,19-22H,2,8H2/t11-,12+,13?,14?,15?,16?,18?.